The molecule has 21 heavy (non-hydrogen) atoms. The maximum Gasteiger partial charge on any atom is 0.341 e. The second-order valence-electron chi connectivity index (χ2n) is 4.56. The Hall–Kier alpha value is -1.34. The van der Waals surface area contributed by atoms with Crippen molar-refractivity contribution < 1.29 is 19.1 Å². The first kappa shape index (κ1) is 16.0. The molecule has 2 atom stereocenters. The molecule has 1 saturated heterocycles. The van der Waals surface area contributed by atoms with Gasteiger partial charge in [0, 0.05) is 12.3 Å². The van der Waals surface area contributed by atoms with E-state index in [1.165, 1.54) is 16.8 Å². The van der Waals surface area contributed by atoms with Crippen molar-refractivity contribution in [1.82, 2.24) is 9.55 Å². The molecule has 0 aromatic carbocycles. The fourth-order valence-electron chi connectivity index (χ4n) is 2.04. The third kappa shape index (κ3) is 3.47. The molecule has 11 heteroatoms. The standard InChI is InChI=1S/C10H11B2N2O6P/c11-8(9(12)21(17,18)19)5-1-2-7(20-5)14-4-3-6(15)13-10(14)16/h3-5,7H,1-2H2,(H,13,15,16)(H2,17,18,19)/b9-8-/t5-,7+/m0/s1. The van der Waals surface area contributed by atoms with Gasteiger partial charge in [0.05, 0.1) is 6.10 Å². The summed E-state index contributed by atoms with van der Waals surface area (Å²) in [5.74, 6) is 0. The Labute approximate surface area is 121 Å². The van der Waals surface area contributed by atoms with E-state index < -0.39 is 36.4 Å². The van der Waals surface area contributed by atoms with E-state index >= 15 is 0 Å². The molecule has 1 aliphatic rings. The Balaban J connectivity index is 2.23. The first-order valence-corrected chi connectivity index (χ1v) is 7.59. The number of nitrogens with zero attached hydrogens (tertiary/aromatic N) is 1. The molecule has 1 fully saturated rings. The average molecular weight is 308 g/mol. The predicted molar refractivity (Wildman–Crippen MR) is 75.0 cm³/mol. The lowest BCUT2D eigenvalue weighted by Gasteiger charge is -2.19. The third-order valence-corrected chi connectivity index (χ3v) is 4.00. The van der Waals surface area contributed by atoms with Crippen LogP contribution < -0.4 is 11.2 Å². The van der Waals surface area contributed by atoms with Gasteiger partial charge in [0.25, 0.3) is 5.56 Å². The van der Waals surface area contributed by atoms with E-state index in [0.29, 0.717) is 12.8 Å². The van der Waals surface area contributed by atoms with Crippen molar-refractivity contribution in [3.63, 3.8) is 0 Å². The fourth-order valence-corrected chi connectivity index (χ4v) is 2.52. The zero-order valence-corrected chi connectivity index (χ0v) is 11.7. The summed E-state index contributed by atoms with van der Waals surface area (Å²) in [6.45, 7) is 0. The van der Waals surface area contributed by atoms with Gasteiger partial charge in [-0.2, -0.15) is 0 Å². The van der Waals surface area contributed by atoms with Gasteiger partial charge >= 0.3 is 13.3 Å². The van der Waals surface area contributed by atoms with Crippen LogP contribution in [0.3, 0.4) is 0 Å². The molecule has 2 rings (SSSR count). The molecule has 108 valence electrons. The largest absolute Gasteiger partial charge is 0.351 e. The van der Waals surface area contributed by atoms with Crippen LogP contribution in [0.5, 0.6) is 0 Å². The van der Waals surface area contributed by atoms with Crippen LogP contribution in [-0.2, 0) is 9.30 Å². The van der Waals surface area contributed by atoms with E-state index in [2.05, 4.69) is 4.98 Å². The second-order valence-corrected chi connectivity index (χ2v) is 6.13. The van der Waals surface area contributed by atoms with Crippen molar-refractivity contribution in [3.8, 4) is 0 Å². The SMILES string of the molecule is [B]/C(=C(/[B])P(=O)(O)O)[C@@H]1CC[C@H](n2ccc(=O)[nH]c2=O)O1. The lowest BCUT2D eigenvalue weighted by molar-refractivity contribution is 0.0182. The van der Waals surface area contributed by atoms with E-state index in [1.807, 2.05) is 0 Å². The maximum absolute atomic E-state index is 11.6. The van der Waals surface area contributed by atoms with Gasteiger partial charge in [0.1, 0.15) is 21.9 Å². The minimum Gasteiger partial charge on any atom is -0.351 e. The Morgan fingerprint density at radius 2 is 2.05 bits per heavy atom. The monoisotopic (exact) mass is 308 g/mol. The van der Waals surface area contributed by atoms with Gasteiger partial charge in [-0.3, -0.25) is 18.9 Å². The molecular weight excluding hydrogens is 297 g/mol. The zero-order valence-electron chi connectivity index (χ0n) is 10.8. The summed E-state index contributed by atoms with van der Waals surface area (Å²) in [4.78, 5) is 42.7. The molecule has 0 unspecified atom stereocenters. The highest BCUT2D eigenvalue weighted by Crippen LogP contribution is 2.45. The summed E-state index contributed by atoms with van der Waals surface area (Å²) in [5.41, 5.74) is -1.42. The van der Waals surface area contributed by atoms with Gasteiger partial charge in [-0.05, 0) is 18.1 Å². The number of nitrogens with one attached hydrogen (secondary N) is 1. The van der Waals surface area contributed by atoms with Crippen LogP contribution in [0, 0.1) is 0 Å². The lowest BCUT2D eigenvalue weighted by atomic mass is 9.83. The predicted octanol–water partition coefficient (Wildman–Crippen LogP) is -1.10. The molecule has 2 heterocycles. The van der Waals surface area contributed by atoms with E-state index in [0.717, 1.165) is 0 Å². The highest BCUT2D eigenvalue weighted by molar-refractivity contribution is 7.59. The molecule has 1 aromatic rings. The molecule has 0 saturated carbocycles. The van der Waals surface area contributed by atoms with Crippen LogP contribution in [0.25, 0.3) is 0 Å². The summed E-state index contributed by atoms with van der Waals surface area (Å²) in [6.07, 6.45) is 0.499. The van der Waals surface area contributed by atoms with Crippen LogP contribution in [-0.4, -0.2) is 41.1 Å². The number of aromatic amines is 1. The number of hydrogen-bond donors (Lipinski definition) is 3. The summed E-state index contributed by atoms with van der Waals surface area (Å²) in [6, 6.07) is 1.17. The second kappa shape index (κ2) is 5.81. The van der Waals surface area contributed by atoms with E-state index in [9.17, 15) is 14.2 Å². The normalized spacial score (nSPS) is 23.9. The molecule has 1 aromatic heterocycles. The molecule has 0 aliphatic carbocycles. The van der Waals surface area contributed by atoms with Crippen molar-refractivity contribution >= 4 is 23.3 Å². The Kier molecular flexibility index (Phi) is 4.43. The van der Waals surface area contributed by atoms with Gasteiger partial charge in [-0.15, -0.1) is 0 Å². The summed E-state index contributed by atoms with van der Waals surface area (Å²) < 4.78 is 17.7. The molecule has 4 radical (unpaired) electrons. The fraction of sp³-hybridized carbons (Fsp3) is 0.400. The van der Waals surface area contributed by atoms with Crippen molar-refractivity contribution in [1.29, 1.82) is 0 Å². The van der Waals surface area contributed by atoms with Crippen LogP contribution in [0.2, 0.25) is 0 Å². The topological polar surface area (TPSA) is 122 Å². The quantitative estimate of drug-likeness (QED) is 0.481. The minimum atomic E-state index is -4.64. The molecule has 0 amide bonds. The number of ether oxygens (including phenoxy) is 1. The Morgan fingerprint density at radius 1 is 1.38 bits per heavy atom. The van der Waals surface area contributed by atoms with Crippen LogP contribution in [0.15, 0.2) is 32.5 Å². The van der Waals surface area contributed by atoms with E-state index in [-0.39, 0.29) is 5.47 Å². The average Bonchev–Trinajstić information content (AvgIpc) is 2.85. The summed E-state index contributed by atoms with van der Waals surface area (Å²) in [7, 11) is 6.27. The molecule has 3 N–H and O–H groups in total. The molecule has 0 bridgehead atoms. The molecular formula is C10H11B2N2O6P. The Morgan fingerprint density at radius 3 is 2.62 bits per heavy atom. The third-order valence-electron chi connectivity index (χ3n) is 3.12. The number of aromatic nitrogens is 2. The summed E-state index contributed by atoms with van der Waals surface area (Å²) in [5, 5.41) is -0.734. The molecule has 0 spiro atoms. The smallest absolute Gasteiger partial charge is 0.341 e. The van der Waals surface area contributed by atoms with Crippen LogP contribution >= 0.6 is 7.60 Å². The van der Waals surface area contributed by atoms with Crippen LogP contribution in [0.4, 0.5) is 0 Å². The van der Waals surface area contributed by atoms with Gasteiger partial charge in [0.15, 0.2) is 0 Å². The number of H-pyrrole nitrogens is 1. The lowest BCUT2D eigenvalue weighted by Crippen LogP contribution is -2.31. The van der Waals surface area contributed by atoms with Gasteiger partial charge < -0.3 is 14.5 Å². The minimum absolute atomic E-state index is 0.247. The van der Waals surface area contributed by atoms with Crippen molar-refractivity contribution in [2.24, 2.45) is 0 Å². The highest BCUT2D eigenvalue weighted by atomic mass is 31.2. The zero-order chi connectivity index (χ0) is 15.8. The number of rotatable bonds is 3. The summed E-state index contributed by atoms with van der Waals surface area (Å²) >= 11 is 0. The highest BCUT2D eigenvalue weighted by Gasteiger charge is 2.30. The van der Waals surface area contributed by atoms with Crippen molar-refractivity contribution in [2.75, 3.05) is 0 Å². The van der Waals surface area contributed by atoms with Crippen LogP contribution in [0.1, 0.15) is 19.1 Å². The van der Waals surface area contributed by atoms with E-state index in [1.54, 1.807) is 0 Å². The number of hydrogen-bond acceptors (Lipinski definition) is 4. The molecule has 8 nitrogen and oxygen atoms in total. The van der Waals surface area contributed by atoms with Gasteiger partial charge in [0.2, 0.25) is 0 Å². The van der Waals surface area contributed by atoms with Crippen molar-refractivity contribution in [2.45, 2.75) is 25.2 Å². The Bertz CT molecular complexity index is 736. The first-order chi connectivity index (χ1) is 9.70. The molecule has 1 aliphatic heterocycles. The van der Waals surface area contributed by atoms with E-state index in [4.69, 9.17) is 30.2 Å². The van der Waals surface area contributed by atoms with Gasteiger partial charge in [-0.25, -0.2) is 4.79 Å². The maximum atomic E-state index is 11.6. The first-order valence-electron chi connectivity index (χ1n) is 5.98. The van der Waals surface area contributed by atoms with Crippen molar-refractivity contribution in [3.05, 3.63) is 43.8 Å². The van der Waals surface area contributed by atoms with Gasteiger partial charge in [-0.1, -0.05) is 5.47 Å².